The number of pyridine rings is 1. The van der Waals surface area contributed by atoms with Crippen LogP contribution in [0, 0.1) is 0 Å². The Kier molecular flexibility index (Phi) is 6.18. The Balaban J connectivity index is 1.22. The first-order valence-electron chi connectivity index (χ1n) is 9.76. The van der Waals surface area contributed by atoms with E-state index in [9.17, 15) is 14.4 Å². The lowest BCUT2D eigenvalue weighted by atomic mass is 10.2. The third-order valence-corrected chi connectivity index (χ3v) is 6.30. The molecule has 1 fully saturated rings. The Morgan fingerprint density at radius 3 is 2.63 bits per heavy atom. The van der Waals surface area contributed by atoms with Crippen LogP contribution in [-0.2, 0) is 19.1 Å². The first kappa shape index (κ1) is 20.2. The van der Waals surface area contributed by atoms with Gasteiger partial charge in [-0.3, -0.25) is 14.4 Å². The highest BCUT2D eigenvalue weighted by Crippen LogP contribution is 2.36. The average Bonchev–Trinajstić information content (AvgIpc) is 2.78. The molecule has 2 aromatic rings. The van der Waals surface area contributed by atoms with Gasteiger partial charge in [0.25, 0.3) is 5.91 Å². The quantitative estimate of drug-likeness (QED) is 0.729. The van der Waals surface area contributed by atoms with Crippen molar-refractivity contribution in [1.29, 1.82) is 0 Å². The van der Waals surface area contributed by atoms with E-state index in [0.717, 1.165) is 16.4 Å². The number of nitrogens with zero attached hydrogens (tertiary/aromatic N) is 3. The molecular weight excluding hydrogens is 404 g/mol. The molecule has 1 saturated heterocycles. The van der Waals surface area contributed by atoms with Crippen molar-refractivity contribution in [3.8, 4) is 0 Å². The molecule has 9 heteroatoms. The van der Waals surface area contributed by atoms with Crippen molar-refractivity contribution < 1.29 is 19.1 Å². The summed E-state index contributed by atoms with van der Waals surface area (Å²) in [6.07, 6.45) is 1.67. The number of nitrogens with one attached hydrogen (secondary N) is 1. The molecule has 30 heavy (non-hydrogen) atoms. The number of carbonyl (C=O) groups is 3. The fraction of sp³-hybridized carbons (Fsp3) is 0.333. The number of rotatable bonds is 5. The van der Waals surface area contributed by atoms with Gasteiger partial charge in [0.05, 0.1) is 17.4 Å². The predicted molar refractivity (Wildman–Crippen MR) is 113 cm³/mol. The third-order valence-electron chi connectivity index (χ3n) is 5.02. The third kappa shape index (κ3) is 4.73. The van der Waals surface area contributed by atoms with Crippen molar-refractivity contribution in [2.45, 2.75) is 16.6 Å². The summed E-state index contributed by atoms with van der Waals surface area (Å²) in [5.41, 5.74) is 0.747. The zero-order chi connectivity index (χ0) is 20.9. The molecule has 0 bridgehead atoms. The van der Waals surface area contributed by atoms with Crippen molar-refractivity contribution in [2.75, 3.05) is 43.0 Å². The maximum Gasteiger partial charge on any atom is 0.307 e. The van der Waals surface area contributed by atoms with Gasteiger partial charge in [-0.15, -0.1) is 11.8 Å². The number of carbonyl (C=O) groups excluding carboxylic acids is 3. The predicted octanol–water partition coefficient (Wildman–Crippen LogP) is 1.78. The minimum atomic E-state index is -0.565. The number of hydrogen-bond donors (Lipinski definition) is 1. The van der Waals surface area contributed by atoms with Gasteiger partial charge in [-0.1, -0.05) is 18.2 Å². The normalized spacial score (nSPS) is 18.4. The molecule has 0 radical (unpaired) electrons. The maximum absolute atomic E-state index is 12.4. The van der Waals surface area contributed by atoms with E-state index in [1.54, 1.807) is 11.1 Å². The van der Waals surface area contributed by atoms with Gasteiger partial charge in [-0.2, -0.15) is 0 Å². The van der Waals surface area contributed by atoms with Crippen molar-refractivity contribution in [3.63, 3.8) is 0 Å². The van der Waals surface area contributed by atoms with Gasteiger partial charge in [0.2, 0.25) is 5.91 Å². The van der Waals surface area contributed by atoms with E-state index in [4.69, 9.17) is 4.74 Å². The minimum Gasteiger partial charge on any atom is -0.456 e. The van der Waals surface area contributed by atoms with Gasteiger partial charge in [0.15, 0.2) is 6.61 Å². The topological polar surface area (TPSA) is 91.8 Å². The molecular formula is C21H22N4O4S. The Bertz CT molecular complexity index is 932. The van der Waals surface area contributed by atoms with Gasteiger partial charge in [0.1, 0.15) is 5.82 Å². The van der Waals surface area contributed by atoms with E-state index < -0.39 is 11.2 Å². The number of para-hydroxylation sites is 1. The minimum absolute atomic E-state index is 0.0778. The number of fused-ring (bicyclic) bond motifs is 1. The summed E-state index contributed by atoms with van der Waals surface area (Å²) in [4.78, 5) is 45.8. The summed E-state index contributed by atoms with van der Waals surface area (Å²) in [5, 5.41) is 2.23. The Morgan fingerprint density at radius 1 is 1.10 bits per heavy atom. The lowest BCUT2D eigenvalue weighted by molar-refractivity contribution is -0.152. The van der Waals surface area contributed by atoms with Crippen LogP contribution in [-0.4, -0.2) is 65.7 Å². The maximum atomic E-state index is 12.4. The van der Waals surface area contributed by atoms with E-state index in [0.29, 0.717) is 26.2 Å². The molecule has 3 heterocycles. The average molecular weight is 426 g/mol. The van der Waals surface area contributed by atoms with E-state index in [1.807, 2.05) is 42.5 Å². The van der Waals surface area contributed by atoms with Crippen LogP contribution in [0.2, 0.25) is 0 Å². The number of anilines is 2. The van der Waals surface area contributed by atoms with Gasteiger partial charge in [-0.05, 0) is 24.3 Å². The molecule has 4 rings (SSSR count). The number of hydrogen-bond acceptors (Lipinski definition) is 7. The van der Waals surface area contributed by atoms with Crippen LogP contribution in [0.4, 0.5) is 11.5 Å². The first-order valence-corrected chi connectivity index (χ1v) is 10.6. The first-order chi connectivity index (χ1) is 14.6. The smallest absolute Gasteiger partial charge is 0.307 e. The standard InChI is InChI=1S/C21H22N4O4S/c26-19(25-11-9-24(10-12-25)18-7-3-4-8-22-18)14-29-20(27)13-17-21(28)23-15-5-1-2-6-16(15)30-17/h1-8,17H,9-14H2,(H,23,28)/t17-/m0/s1. The highest BCUT2D eigenvalue weighted by Gasteiger charge is 2.30. The van der Waals surface area contributed by atoms with E-state index >= 15 is 0 Å². The number of esters is 1. The van der Waals surface area contributed by atoms with Crippen LogP contribution in [0.15, 0.2) is 53.6 Å². The highest BCUT2D eigenvalue weighted by atomic mass is 32.2. The van der Waals surface area contributed by atoms with E-state index in [-0.39, 0.29) is 24.8 Å². The molecule has 0 aliphatic carbocycles. The molecule has 2 aliphatic heterocycles. The summed E-state index contributed by atoms with van der Waals surface area (Å²) in [5.74, 6) is -0.119. The number of piperazine rings is 1. The number of ether oxygens (including phenoxy) is 1. The molecule has 2 amide bonds. The second-order valence-corrected chi connectivity index (χ2v) is 8.26. The van der Waals surface area contributed by atoms with Crippen molar-refractivity contribution in [2.24, 2.45) is 0 Å². The largest absolute Gasteiger partial charge is 0.456 e. The van der Waals surface area contributed by atoms with Crippen molar-refractivity contribution >= 4 is 41.1 Å². The monoisotopic (exact) mass is 426 g/mol. The summed E-state index contributed by atoms with van der Waals surface area (Å²) < 4.78 is 5.16. The summed E-state index contributed by atoms with van der Waals surface area (Å²) in [6, 6.07) is 13.2. The van der Waals surface area contributed by atoms with E-state index in [2.05, 4.69) is 15.2 Å². The second-order valence-electron chi connectivity index (χ2n) is 7.01. The molecule has 8 nitrogen and oxygen atoms in total. The molecule has 0 spiro atoms. The molecule has 0 unspecified atom stereocenters. The van der Waals surface area contributed by atoms with Gasteiger partial charge < -0.3 is 19.9 Å². The molecule has 1 atom stereocenters. The van der Waals surface area contributed by atoms with E-state index in [1.165, 1.54) is 11.8 Å². The van der Waals surface area contributed by atoms with Crippen LogP contribution in [0.1, 0.15) is 6.42 Å². The second kappa shape index (κ2) is 9.17. The number of aromatic nitrogens is 1. The van der Waals surface area contributed by atoms with Crippen molar-refractivity contribution in [1.82, 2.24) is 9.88 Å². The van der Waals surface area contributed by atoms with Gasteiger partial charge in [-0.25, -0.2) is 4.98 Å². The van der Waals surface area contributed by atoms with Crippen molar-refractivity contribution in [3.05, 3.63) is 48.7 Å². The molecule has 0 saturated carbocycles. The number of thioether (sulfide) groups is 1. The Morgan fingerprint density at radius 2 is 1.87 bits per heavy atom. The highest BCUT2D eigenvalue weighted by molar-refractivity contribution is 8.01. The Hall–Kier alpha value is -3.07. The van der Waals surface area contributed by atoms with Crippen LogP contribution in [0.5, 0.6) is 0 Å². The van der Waals surface area contributed by atoms with Crippen LogP contribution in [0.25, 0.3) is 0 Å². The Labute approximate surface area is 178 Å². The number of benzene rings is 1. The fourth-order valence-corrected chi connectivity index (χ4v) is 4.49. The van der Waals surface area contributed by atoms with Crippen LogP contribution >= 0.6 is 11.8 Å². The molecule has 2 aliphatic rings. The summed E-state index contributed by atoms with van der Waals surface area (Å²) in [6.45, 7) is 2.14. The molecule has 1 aromatic carbocycles. The summed E-state index contributed by atoms with van der Waals surface area (Å²) >= 11 is 1.33. The fourth-order valence-electron chi connectivity index (χ4n) is 3.40. The summed E-state index contributed by atoms with van der Waals surface area (Å²) in [7, 11) is 0. The zero-order valence-corrected chi connectivity index (χ0v) is 17.1. The van der Waals surface area contributed by atoms with Gasteiger partial charge in [0, 0.05) is 37.3 Å². The van der Waals surface area contributed by atoms with Crippen LogP contribution in [0.3, 0.4) is 0 Å². The molecule has 1 aromatic heterocycles. The lowest BCUT2D eigenvalue weighted by Crippen LogP contribution is -2.50. The van der Waals surface area contributed by atoms with Crippen LogP contribution < -0.4 is 10.2 Å². The van der Waals surface area contributed by atoms with Gasteiger partial charge >= 0.3 is 5.97 Å². The zero-order valence-electron chi connectivity index (χ0n) is 16.3. The lowest BCUT2D eigenvalue weighted by Gasteiger charge is -2.35. The number of amides is 2. The molecule has 1 N–H and O–H groups in total. The molecule has 156 valence electrons. The SMILES string of the molecule is O=C(C[C@@H]1Sc2ccccc2NC1=O)OCC(=O)N1CCN(c2ccccn2)CC1.